The molecule has 10 heteroatoms. The van der Waals surface area contributed by atoms with Gasteiger partial charge in [0.05, 0.1) is 22.8 Å². The molecule has 0 atom stereocenters. The van der Waals surface area contributed by atoms with Crippen molar-refractivity contribution in [2.45, 2.75) is 0 Å². The topological polar surface area (TPSA) is 147 Å². The van der Waals surface area contributed by atoms with E-state index < -0.39 is 11.6 Å². The number of carbonyl (C=O) groups is 1. The number of anilines is 1. The highest BCUT2D eigenvalue weighted by molar-refractivity contribution is 6.00. The number of H-pyrrole nitrogens is 2. The van der Waals surface area contributed by atoms with Crippen LogP contribution < -0.4 is 16.6 Å². The average Bonchev–Trinajstić information content (AvgIpc) is 4.11. The van der Waals surface area contributed by atoms with Crippen LogP contribution in [-0.4, -0.2) is 35.5 Å². The number of rotatable bonds is 6. The van der Waals surface area contributed by atoms with Crippen LogP contribution in [0.15, 0.2) is 157 Å². The van der Waals surface area contributed by atoms with Crippen LogP contribution >= 0.6 is 0 Å². The third kappa shape index (κ3) is 6.60. The van der Waals surface area contributed by atoms with Gasteiger partial charge in [0.2, 0.25) is 5.95 Å². The Labute approximate surface area is 337 Å². The standard InChI is InChI=1S/C49H34N8O2/c50-48(59)56-49-55-43(58)28-29-57(49)34-18-16-33(17-19-34)47-41-26-24-39(53-41)45(31-12-6-2-7-13-31)37-22-20-35(51-37)44(30-10-4-1-5-11-30)36-21-23-38(52-36)46(32-14-8-3-9-15-32)40-25-27-42(47)54-40/h1-29,51,54H,(H3,50,55,56,58,59). The molecule has 282 valence electrons. The lowest BCUT2D eigenvalue weighted by Crippen LogP contribution is -2.25. The molecule has 8 bridgehead atoms. The zero-order valence-electron chi connectivity index (χ0n) is 31.4. The lowest BCUT2D eigenvalue weighted by atomic mass is 10.0. The van der Waals surface area contributed by atoms with Crippen molar-refractivity contribution in [3.05, 3.63) is 185 Å². The second-order valence-corrected chi connectivity index (χ2v) is 14.1. The van der Waals surface area contributed by atoms with E-state index in [9.17, 15) is 9.59 Å². The van der Waals surface area contributed by atoms with Crippen LogP contribution in [-0.2, 0) is 0 Å². The number of nitrogens with one attached hydrogen (secondary N) is 3. The number of aromatic amines is 2. The first-order chi connectivity index (χ1) is 29.0. The molecule has 10 nitrogen and oxygen atoms in total. The number of hydrogen-bond donors (Lipinski definition) is 4. The molecule has 4 aromatic carbocycles. The van der Waals surface area contributed by atoms with E-state index in [-0.39, 0.29) is 5.95 Å². The number of amides is 2. The molecule has 0 radical (unpaired) electrons. The molecule has 0 unspecified atom stereocenters. The van der Waals surface area contributed by atoms with Crippen molar-refractivity contribution in [3.8, 4) is 50.2 Å². The number of carbonyl (C=O) groups excluding carboxylic acids is 1. The molecule has 2 aliphatic rings. The normalized spacial score (nSPS) is 11.8. The molecule has 0 spiro atoms. The predicted molar refractivity (Wildman–Crippen MR) is 237 cm³/mol. The van der Waals surface area contributed by atoms with Gasteiger partial charge in [-0.25, -0.2) is 14.8 Å². The maximum absolute atomic E-state index is 12.1. The zero-order chi connectivity index (χ0) is 39.9. The zero-order valence-corrected chi connectivity index (χ0v) is 31.4. The molecular weight excluding hydrogens is 733 g/mol. The monoisotopic (exact) mass is 766 g/mol. The summed E-state index contributed by atoms with van der Waals surface area (Å²) < 4.78 is 1.60. The quantitative estimate of drug-likeness (QED) is 0.133. The average molecular weight is 767 g/mol. The number of benzene rings is 4. The summed E-state index contributed by atoms with van der Waals surface area (Å²) in [6.45, 7) is 0. The van der Waals surface area contributed by atoms with Gasteiger partial charge in [-0.3, -0.25) is 14.7 Å². The van der Waals surface area contributed by atoms with Gasteiger partial charge in [0.25, 0.3) is 5.56 Å². The lowest BCUT2D eigenvalue weighted by molar-refractivity contribution is 0.259. The number of nitrogens with two attached hydrogens (primary N) is 1. The SMILES string of the molecule is NC(=O)Nc1nc(=O)ccn1-c1ccc(-c2c3nc(c(-c4ccccc4)c4ccc([nH]4)c(-c4ccccc4)c4nc(c(-c5ccccc5)c5ccc2[nH]5)C=C4)C=C3)cc1. The maximum Gasteiger partial charge on any atom is 0.318 e. The van der Waals surface area contributed by atoms with Crippen molar-refractivity contribution in [3.63, 3.8) is 0 Å². The fourth-order valence-electron chi connectivity index (χ4n) is 7.83. The van der Waals surface area contributed by atoms with E-state index in [1.165, 1.54) is 6.07 Å². The molecule has 10 rings (SSSR count). The summed E-state index contributed by atoms with van der Waals surface area (Å²) in [6.07, 6.45) is 9.85. The molecule has 5 N–H and O–H groups in total. The Morgan fingerprint density at radius 1 is 0.475 bits per heavy atom. The third-order valence-electron chi connectivity index (χ3n) is 10.4. The first-order valence-electron chi connectivity index (χ1n) is 19.1. The highest BCUT2D eigenvalue weighted by Gasteiger charge is 2.19. The number of nitrogens with zero attached hydrogens (tertiary/aromatic N) is 4. The lowest BCUT2D eigenvalue weighted by Gasteiger charge is -2.13. The fraction of sp³-hybridized carbons (Fsp3) is 0. The number of urea groups is 1. The Kier molecular flexibility index (Phi) is 8.68. The first kappa shape index (κ1) is 35.1. The summed E-state index contributed by atoms with van der Waals surface area (Å²) in [5.41, 5.74) is 20.2. The van der Waals surface area contributed by atoms with Crippen molar-refractivity contribution in [2.24, 2.45) is 5.73 Å². The summed E-state index contributed by atoms with van der Waals surface area (Å²) in [5.74, 6) is 0.0182. The van der Waals surface area contributed by atoms with E-state index in [2.05, 4.69) is 117 Å². The Hall–Kier alpha value is -8.37. The molecule has 0 aliphatic carbocycles. The van der Waals surface area contributed by atoms with Gasteiger partial charge in [0, 0.05) is 62.3 Å². The van der Waals surface area contributed by atoms with Gasteiger partial charge >= 0.3 is 6.03 Å². The smallest absolute Gasteiger partial charge is 0.318 e. The summed E-state index contributed by atoms with van der Waals surface area (Å²) >= 11 is 0. The molecule has 8 aromatic rings. The van der Waals surface area contributed by atoms with Gasteiger partial charge in [0.1, 0.15) is 0 Å². The van der Waals surface area contributed by atoms with E-state index in [4.69, 9.17) is 15.7 Å². The Balaban J connectivity index is 1.30. The van der Waals surface area contributed by atoms with Gasteiger partial charge in [-0.05, 0) is 83.0 Å². The van der Waals surface area contributed by atoms with E-state index in [1.807, 2.05) is 66.7 Å². The Morgan fingerprint density at radius 3 is 1.22 bits per heavy atom. The number of aromatic nitrogens is 6. The minimum absolute atomic E-state index is 0.0182. The summed E-state index contributed by atoms with van der Waals surface area (Å²) in [5, 5.41) is 2.45. The van der Waals surface area contributed by atoms with E-state index in [0.717, 1.165) is 89.4 Å². The van der Waals surface area contributed by atoms with Crippen molar-refractivity contribution in [1.29, 1.82) is 0 Å². The van der Waals surface area contributed by atoms with E-state index >= 15 is 0 Å². The van der Waals surface area contributed by atoms with Crippen LogP contribution in [0.3, 0.4) is 0 Å². The predicted octanol–water partition coefficient (Wildman–Crippen LogP) is 10.4. The minimum Gasteiger partial charge on any atom is -0.354 e. The van der Waals surface area contributed by atoms with Crippen LogP contribution in [0.25, 0.3) is 96.6 Å². The number of primary amides is 1. The largest absolute Gasteiger partial charge is 0.354 e. The Bertz CT molecular complexity index is 3180. The third-order valence-corrected chi connectivity index (χ3v) is 10.4. The highest BCUT2D eigenvalue weighted by Crippen LogP contribution is 2.38. The second-order valence-electron chi connectivity index (χ2n) is 14.1. The molecule has 2 amide bonds. The summed E-state index contributed by atoms with van der Waals surface area (Å²) in [6, 6.07) is 47.6. The fourth-order valence-corrected chi connectivity index (χ4v) is 7.83. The Morgan fingerprint density at radius 2 is 0.847 bits per heavy atom. The molecule has 0 fully saturated rings. The van der Waals surface area contributed by atoms with Crippen molar-refractivity contribution in [2.75, 3.05) is 5.32 Å². The molecule has 0 saturated carbocycles. The molecule has 2 aliphatic heterocycles. The van der Waals surface area contributed by atoms with Crippen LogP contribution in [0.5, 0.6) is 0 Å². The molecule has 59 heavy (non-hydrogen) atoms. The molecule has 6 heterocycles. The molecule has 0 saturated heterocycles. The highest BCUT2D eigenvalue weighted by atomic mass is 16.2. The maximum atomic E-state index is 12.1. The molecule has 4 aromatic heterocycles. The minimum atomic E-state index is -0.826. The van der Waals surface area contributed by atoms with Gasteiger partial charge in [-0.1, -0.05) is 103 Å². The summed E-state index contributed by atoms with van der Waals surface area (Å²) in [7, 11) is 0. The van der Waals surface area contributed by atoms with Gasteiger partial charge < -0.3 is 15.7 Å². The van der Waals surface area contributed by atoms with Crippen molar-refractivity contribution >= 4 is 58.4 Å². The molecular formula is C49H34N8O2. The van der Waals surface area contributed by atoms with E-state index in [1.54, 1.807) is 10.8 Å². The second kappa shape index (κ2) is 14.6. The number of hydrogen-bond acceptors (Lipinski definition) is 5. The van der Waals surface area contributed by atoms with Gasteiger partial charge in [-0.15, -0.1) is 0 Å². The summed E-state index contributed by atoms with van der Waals surface area (Å²) in [4.78, 5) is 46.1. The number of fused-ring (bicyclic) bond motifs is 8. The first-order valence-corrected chi connectivity index (χ1v) is 19.1. The van der Waals surface area contributed by atoms with Crippen LogP contribution in [0.1, 0.15) is 22.8 Å². The van der Waals surface area contributed by atoms with Crippen molar-refractivity contribution in [1.82, 2.24) is 29.5 Å². The van der Waals surface area contributed by atoms with Crippen molar-refractivity contribution < 1.29 is 4.79 Å². The van der Waals surface area contributed by atoms with Crippen LogP contribution in [0, 0.1) is 0 Å². The van der Waals surface area contributed by atoms with Gasteiger partial charge in [0.15, 0.2) is 0 Å². The van der Waals surface area contributed by atoms with Gasteiger partial charge in [-0.2, -0.15) is 4.98 Å². The van der Waals surface area contributed by atoms with E-state index in [0.29, 0.717) is 5.69 Å². The van der Waals surface area contributed by atoms with Crippen LogP contribution in [0.4, 0.5) is 10.7 Å². The van der Waals surface area contributed by atoms with Crippen LogP contribution in [0.2, 0.25) is 0 Å².